The molecule has 1 aromatic carbocycles. The van der Waals surface area contributed by atoms with Crippen LogP contribution in [-0.4, -0.2) is 66.4 Å². The van der Waals surface area contributed by atoms with Crippen LogP contribution in [0.2, 0.25) is 0 Å². The zero-order valence-electron chi connectivity index (χ0n) is 17.3. The van der Waals surface area contributed by atoms with Crippen LogP contribution in [0.3, 0.4) is 0 Å². The summed E-state index contributed by atoms with van der Waals surface area (Å²) in [5, 5.41) is 5.93. The van der Waals surface area contributed by atoms with E-state index in [4.69, 9.17) is 0 Å². The highest BCUT2D eigenvalue weighted by Gasteiger charge is 2.26. The van der Waals surface area contributed by atoms with Crippen molar-refractivity contribution in [3.05, 3.63) is 29.8 Å². The van der Waals surface area contributed by atoms with E-state index < -0.39 is 0 Å². The van der Waals surface area contributed by atoms with Gasteiger partial charge in [-0.25, -0.2) is 0 Å². The van der Waals surface area contributed by atoms with Gasteiger partial charge in [0.05, 0.1) is 12.6 Å². The Kier molecular flexibility index (Phi) is 7.80. The highest BCUT2D eigenvalue weighted by molar-refractivity contribution is 5.94. The lowest BCUT2D eigenvalue weighted by atomic mass is 10.0. The second-order valence-electron chi connectivity index (χ2n) is 7.98. The van der Waals surface area contributed by atoms with E-state index >= 15 is 0 Å². The van der Waals surface area contributed by atoms with Gasteiger partial charge in [-0.3, -0.25) is 19.4 Å². The molecule has 150 valence electrons. The second kappa shape index (κ2) is 9.85. The summed E-state index contributed by atoms with van der Waals surface area (Å²) in [6.45, 7) is 13.8. The van der Waals surface area contributed by atoms with Crippen LogP contribution in [0.25, 0.3) is 0 Å². The Hall–Kier alpha value is -1.92. The molecular formula is C21H34N4O2. The lowest BCUT2D eigenvalue weighted by Gasteiger charge is -2.37. The van der Waals surface area contributed by atoms with E-state index in [-0.39, 0.29) is 23.9 Å². The molecule has 0 aliphatic carbocycles. The van der Waals surface area contributed by atoms with Crippen LogP contribution < -0.4 is 10.6 Å². The quantitative estimate of drug-likeness (QED) is 0.769. The number of nitrogens with zero attached hydrogens (tertiary/aromatic N) is 2. The minimum atomic E-state index is -0.193. The Bertz CT molecular complexity index is 620. The molecule has 1 saturated heterocycles. The third-order valence-corrected chi connectivity index (χ3v) is 5.00. The van der Waals surface area contributed by atoms with Gasteiger partial charge in [0.15, 0.2) is 0 Å². The molecule has 2 rings (SSSR count). The van der Waals surface area contributed by atoms with E-state index in [0.717, 1.165) is 31.9 Å². The highest BCUT2D eigenvalue weighted by Crippen LogP contribution is 2.17. The van der Waals surface area contributed by atoms with Crippen molar-refractivity contribution in [3.63, 3.8) is 0 Å². The van der Waals surface area contributed by atoms with Crippen molar-refractivity contribution in [2.75, 3.05) is 38.0 Å². The van der Waals surface area contributed by atoms with Gasteiger partial charge in [-0.15, -0.1) is 0 Å². The standard InChI is InChI=1S/C21H34N4O2/c1-15(2)18-6-8-19(9-7-18)23-21(27)17(5)25-12-10-24(11-13-25)14-20(26)22-16(3)4/h6-9,15-17H,10-14H2,1-5H3,(H,22,26)(H,23,27)/t17-/m1/s1. The fourth-order valence-corrected chi connectivity index (χ4v) is 3.24. The fraction of sp³-hybridized carbons (Fsp3) is 0.619. The average molecular weight is 375 g/mol. The number of anilines is 1. The number of benzene rings is 1. The Morgan fingerprint density at radius 2 is 1.56 bits per heavy atom. The van der Waals surface area contributed by atoms with Crippen LogP contribution in [-0.2, 0) is 9.59 Å². The first-order valence-corrected chi connectivity index (χ1v) is 9.93. The lowest BCUT2D eigenvalue weighted by molar-refractivity contribution is -0.125. The summed E-state index contributed by atoms with van der Waals surface area (Å²) in [5.74, 6) is 0.556. The van der Waals surface area contributed by atoms with E-state index in [1.54, 1.807) is 0 Å². The summed E-state index contributed by atoms with van der Waals surface area (Å²) in [4.78, 5) is 28.8. The molecule has 6 nitrogen and oxygen atoms in total. The minimum absolute atomic E-state index is 0.0123. The van der Waals surface area contributed by atoms with Gasteiger partial charge in [0.1, 0.15) is 0 Å². The third-order valence-electron chi connectivity index (χ3n) is 5.00. The van der Waals surface area contributed by atoms with Gasteiger partial charge in [0.2, 0.25) is 11.8 Å². The van der Waals surface area contributed by atoms with Gasteiger partial charge in [0.25, 0.3) is 0 Å². The first-order valence-electron chi connectivity index (χ1n) is 9.93. The summed E-state index contributed by atoms with van der Waals surface area (Å²) in [6, 6.07) is 8.02. The van der Waals surface area contributed by atoms with Crippen LogP contribution in [0.15, 0.2) is 24.3 Å². The summed E-state index contributed by atoms with van der Waals surface area (Å²) in [6.07, 6.45) is 0. The molecule has 1 aliphatic rings. The Balaban J connectivity index is 1.79. The monoisotopic (exact) mass is 374 g/mol. The SMILES string of the molecule is CC(C)NC(=O)CN1CCN([C@H](C)C(=O)Nc2ccc(C(C)C)cc2)CC1. The van der Waals surface area contributed by atoms with Gasteiger partial charge in [-0.1, -0.05) is 26.0 Å². The van der Waals surface area contributed by atoms with Crippen molar-refractivity contribution >= 4 is 17.5 Å². The van der Waals surface area contributed by atoms with E-state index in [2.05, 4.69) is 46.4 Å². The summed E-state index contributed by atoms with van der Waals surface area (Å²) < 4.78 is 0. The molecular weight excluding hydrogens is 340 g/mol. The maximum atomic E-state index is 12.6. The van der Waals surface area contributed by atoms with E-state index in [1.807, 2.05) is 32.9 Å². The highest BCUT2D eigenvalue weighted by atomic mass is 16.2. The maximum Gasteiger partial charge on any atom is 0.241 e. The molecule has 27 heavy (non-hydrogen) atoms. The first-order chi connectivity index (χ1) is 12.8. The second-order valence-corrected chi connectivity index (χ2v) is 7.98. The largest absolute Gasteiger partial charge is 0.353 e. The van der Waals surface area contributed by atoms with Gasteiger partial charge in [-0.2, -0.15) is 0 Å². The van der Waals surface area contributed by atoms with Crippen molar-refractivity contribution in [2.24, 2.45) is 0 Å². The molecule has 1 heterocycles. The van der Waals surface area contributed by atoms with Crippen molar-refractivity contribution in [1.29, 1.82) is 0 Å². The molecule has 0 saturated carbocycles. The number of amides is 2. The molecule has 1 fully saturated rings. The van der Waals surface area contributed by atoms with Crippen molar-refractivity contribution < 1.29 is 9.59 Å². The summed E-state index contributed by atoms with van der Waals surface area (Å²) in [5.41, 5.74) is 2.10. The molecule has 1 aromatic rings. The van der Waals surface area contributed by atoms with Crippen molar-refractivity contribution in [1.82, 2.24) is 15.1 Å². The zero-order chi connectivity index (χ0) is 20.0. The third kappa shape index (κ3) is 6.63. The maximum absolute atomic E-state index is 12.6. The van der Waals surface area contributed by atoms with Gasteiger partial charge in [0, 0.05) is 37.9 Å². The first kappa shape index (κ1) is 21.4. The molecule has 0 radical (unpaired) electrons. The van der Waals surface area contributed by atoms with Crippen LogP contribution in [0, 0.1) is 0 Å². The van der Waals surface area contributed by atoms with Crippen LogP contribution in [0.4, 0.5) is 5.69 Å². The van der Waals surface area contributed by atoms with E-state index in [1.165, 1.54) is 5.56 Å². The predicted octanol–water partition coefficient (Wildman–Crippen LogP) is 2.28. The molecule has 2 N–H and O–H groups in total. The Morgan fingerprint density at radius 3 is 2.07 bits per heavy atom. The summed E-state index contributed by atoms with van der Waals surface area (Å²) in [7, 11) is 0. The minimum Gasteiger partial charge on any atom is -0.353 e. The molecule has 0 unspecified atom stereocenters. The normalized spacial score (nSPS) is 17.1. The van der Waals surface area contributed by atoms with E-state index in [9.17, 15) is 9.59 Å². The Labute approximate surface area is 163 Å². The van der Waals surface area contributed by atoms with Gasteiger partial charge in [-0.05, 0) is 44.4 Å². The molecule has 6 heteroatoms. The number of piperazine rings is 1. The van der Waals surface area contributed by atoms with Gasteiger partial charge < -0.3 is 10.6 Å². The lowest BCUT2D eigenvalue weighted by Crippen LogP contribution is -2.54. The number of nitrogens with one attached hydrogen (secondary N) is 2. The van der Waals surface area contributed by atoms with E-state index in [0.29, 0.717) is 12.5 Å². The molecule has 1 aliphatic heterocycles. The molecule has 0 bridgehead atoms. The smallest absolute Gasteiger partial charge is 0.241 e. The predicted molar refractivity (Wildman–Crippen MR) is 110 cm³/mol. The number of carbonyl (C=O) groups excluding carboxylic acids is 2. The number of rotatable bonds is 7. The topological polar surface area (TPSA) is 64.7 Å². The number of hydrogen-bond acceptors (Lipinski definition) is 4. The number of hydrogen-bond donors (Lipinski definition) is 2. The Morgan fingerprint density at radius 1 is 0.963 bits per heavy atom. The number of carbonyl (C=O) groups is 2. The van der Waals surface area contributed by atoms with Crippen LogP contribution in [0.5, 0.6) is 0 Å². The average Bonchev–Trinajstić information content (AvgIpc) is 2.61. The summed E-state index contributed by atoms with van der Waals surface area (Å²) >= 11 is 0. The molecule has 1 atom stereocenters. The van der Waals surface area contributed by atoms with Gasteiger partial charge >= 0.3 is 0 Å². The van der Waals surface area contributed by atoms with Crippen LogP contribution >= 0.6 is 0 Å². The zero-order valence-corrected chi connectivity index (χ0v) is 17.3. The van der Waals surface area contributed by atoms with Crippen molar-refractivity contribution in [2.45, 2.75) is 52.6 Å². The molecule has 0 spiro atoms. The molecule has 2 amide bonds. The van der Waals surface area contributed by atoms with Crippen molar-refractivity contribution in [3.8, 4) is 0 Å². The fourth-order valence-electron chi connectivity index (χ4n) is 3.24. The van der Waals surface area contributed by atoms with Crippen LogP contribution in [0.1, 0.15) is 46.1 Å². The molecule has 0 aromatic heterocycles.